The number of esters is 1. The van der Waals surface area contributed by atoms with E-state index in [1.54, 1.807) is 0 Å². The number of carbonyl (C=O) groups excluding carboxylic acids is 3. The van der Waals surface area contributed by atoms with E-state index in [1.165, 1.54) is 19.4 Å². The highest BCUT2D eigenvalue weighted by atomic mass is 32.2. The summed E-state index contributed by atoms with van der Waals surface area (Å²) in [6, 6.07) is -1.16. The number of anilines is 1. The van der Waals surface area contributed by atoms with Gasteiger partial charge in [0, 0.05) is 17.2 Å². The van der Waals surface area contributed by atoms with Gasteiger partial charge in [-0.25, -0.2) is 14.6 Å². The van der Waals surface area contributed by atoms with Crippen molar-refractivity contribution < 1.29 is 46.0 Å². The van der Waals surface area contributed by atoms with Gasteiger partial charge in [0.15, 0.2) is 29.0 Å². The second kappa shape index (κ2) is 11.0. The maximum atomic E-state index is 13.1. The number of hydrogen-bond acceptors (Lipinski definition) is 13. The van der Waals surface area contributed by atoms with Gasteiger partial charge >= 0.3 is 18.0 Å². The number of hydrogen-bond donors (Lipinski definition) is 2. The molecule has 2 aromatic heterocycles. The Hall–Kier alpha value is -4.06. The molecule has 208 valence electrons. The lowest BCUT2D eigenvalue weighted by molar-refractivity contribution is -0.153. The van der Waals surface area contributed by atoms with E-state index in [0.717, 1.165) is 28.0 Å². The first kappa shape index (κ1) is 28.0. The molecule has 0 bridgehead atoms. The number of amides is 2. The number of rotatable bonds is 8. The van der Waals surface area contributed by atoms with Crippen LogP contribution in [0.5, 0.6) is 0 Å². The number of alkyl halides is 3. The van der Waals surface area contributed by atoms with Crippen molar-refractivity contribution in [3.63, 3.8) is 0 Å². The Morgan fingerprint density at radius 2 is 2.10 bits per heavy atom. The third-order valence-electron chi connectivity index (χ3n) is 5.28. The van der Waals surface area contributed by atoms with Gasteiger partial charge in [-0.2, -0.15) is 13.2 Å². The second-order valence-corrected chi connectivity index (χ2v) is 9.81. The van der Waals surface area contributed by atoms with Gasteiger partial charge in [0.1, 0.15) is 29.9 Å². The lowest BCUT2D eigenvalue weighted by atomic mass is 10.0. The highest BCUT2D eigenvalue weighted by molar-refractivity contribution is 8.00. The number of oxime groups is 1. The fraction of sp³-hybridized carbons (Fsp3) is 0.333. The van der Waals surface area contributed by atoms with E-state index in [9.17, 15) is 32.3 Å². The maximum absolute atomic E-state index is 13.1. The van der Waals surface area contributed by atoms with E-state index >= 15 is 0 Å². The predicted octanol–water partition coefficient (Wildman–Crippen LogP) is 1.45. The van der Waals surface area contributed by atoms with Crippen molar-refractivity contribution in [2.75, 3.05) is 18.6 Å². The van der Waals surface area contributed by atoms with Crippen LogP contribution in [0, 0.1) is 6.92 Å². The van der Waals surface area contributed by atoms with Crippen molar-refractivity contribution >= 4 is 51.7 Å². The summed E-state index contributed by atoms with van der Waals surface area (Å²) in [7, 11) is 1.20. The number of allylic oxidation sites excluding steroid dienone is 2. The first-order chi connectivity index (χ1) is 18.4. The SMILES string of the molecule is CON=C(C(=O)NC1C(=O)N2C(C(=O)OCc3oc(=O)oc3C)=C(C=CC(F)(F)F)CS[C@H]12)c1csc(N)n1. The first-order valence-corrected chi connectivity index (χ1v) is 12.7. The van der Waals surface area contributed by atoms with Crippen LogP contribution in [0.3, 0.4) is 0 Å². The zero-order chi connectivity index (χ0) is 28.5. The average molecular weight is 590 g/mol. The molecular formula is C21H18F3N5O8S2. The van der Waals surface area contributed by atoms with Crippen LogP contribution in [-0.4, -0.2) is 63.8 Å². The Balaban J connectivity index is 1.57. The quantitative estimate of drug-likeness (QED) is 0.197. The van der Waals surface area contributed by atoms with Crippen molar-refractivity contribution in [2.24, 2.45) is 5.16 Å². The van der Waals surface area contributed by atoms with Gasteiger partial charge in [-0.3, -0.25) is 14.5 Å². The summed E-state index contributed by atoms with van der Waals surface area (Å²) in [6.45, 7) is 0.801. The lowest BCUT2D eigenvalue weighted by Crippen LogP contribution is -2.71. The number of thiazole rings is 1. The van der Waals surface area contributed by atoms with Crippen molar-refractivity contribution in [3.05, 3.63) is 56.6 Å². The van der Waals surface area contributed by atoms with E-state index in [1.807, 2.05) is 0 Å². The summed E-state index contributed by atoms with van der Waals surface area (Å²) in [6.07, 6.45) is -4.10. The lowest BCUT2D eigenvalue weighted by Gasteiger charge is -2.49. The van der Waals surface area contributed by atoms with Crippen molar-refractivity contribution in [1.82, 2.24) is 15.2 Å². The van der Waals surface area contributed by atoms with Crippen LogP contribution in [0.2, 0.25) is 0 Å². The molecule has 3 N–H and O–H groups in total. The monoisotopic (exact) mass is 589 g/mol. The summed E-state index contributed by atoms with van der Waals surface area (Å²) in [5.41, 5.74) is 4.85. The van der Waals surface area contributed by atoms with E-state index in [0.29, 0.717) is 6.08 Å². The molecular weight excluding hydrogens is 571 g/mol. The molecule has 39 heavy (non-hydrogen) atoms. The van der Waals surface area contributed by atoms with Crippen LogP contribution in [-0.2, 0) is 30.6 Å². The zero-order valence-corrected chi connectivity index (χ0v) is 21.6. The van der Waals surface area contributed by atoms with Crippen LogP contribution in [0.15, 0.2) is 47.6 Å². The number of nitrogens with zero attached hydrogens (tertiary/aromatic N) is 3. The number of nitrogens with one attached hydrogen (secondary N) is 1. The molecule has 1 saturated heterocycles. The molecule has 4 heterocycles. The number of thioether (sulfide) groups is 1. The summed E-state index contributed by atoms with van der Waals surface area (Å²) in [5.74, 6) is -4.01. The minimum Gasteiger partial charge on any atom is -0.453 e. The number of halogens is 3. The highest BCUT2D eigenvalue weighted by Crippen LogP contribution is 2.41. The molecule has 2 atom stereocenters. The molecule has 2 aromatic rings. The number of nitrogen functional groups attached to an aromatic ring is 1. The number of ether oxygens (including phenoxy) is 1. The van der Waals surface area contributed by atoms with Crippen molar-refractivity contribution in [3.8, 4) is 0 Å². The van der Waals surface area contributed by atoms with Crippen molar-refractivity contribution in [1.29, 1.82) is 0 Å². The summed E-state index contributed by atoms with van der Waals surface area (Å²) in [4.78, 5) is 59.8. The number of fused-ring (bicyclic) bond motifs is 1. The molecule has 18 heteroatoms. The van der Waals surface area contributed by atoms with E-state index in [2.05, 4.69) is 19.9 Å². The Kier molecular flexibility index (Phi) is 7.86. The molecule has 0 saturated carbocycles. The fourth-order valence-electron chi connectivity index (χ4n) is 3.56. The van der Waals surface area contributed by atoms with Crippen LogP contribution >= 0.6 is 23.1 Å². The molecule has 0 aromatic carbocycles. The average Bonchev–Trinajstić information content (AvgIpc) is 3.45. The molecule has 2 aliphatic heterocycles. The Morgan fingerprint density at radius 1 is 1.36 bits per heavy atom. The minimum atomic E-state index is -4.69. The third kappa shape index (κ3) is 6.00. The Morgan fingerprint density at radius 3 is 2.69 bits per heavy atom. The van der Waals surface area contributed by atoms with E-state index < -0.39 is 53.5 Å². The predicted molar refractivity (Wildman–Crippen MR) is 129 cm³/mol. The van der Waals surface area contributed by atoms with E-state index in [4.69, 9.17) is 19.7 Å². The maximum Gasteiger partial charge on any atom is 0.519 e. The molecule has 1 fully saturated rings. The van der Waals surface area contributed by atoms with Gasteiger partial charge in [-0.15, -0.1) is 23.1 Å². The summed E-state index contributed by atoms with van der Waals surface area (Å²) < 4.78 is 53.1. The van der Waals surface area contributed by atoms with Crippen LogP contribution in [0.1, 0.15) is 17.2 Å². The molecule has 13 nitrogen and oxygen atoms in total. The van der Waals surface area contributed by atoms with Crippen LogP contribution in [0.4, 0.5) is 18.3 Å². The number of aromatic nitrogens is 1. The number of carbonyl (C=O) groups is 3. The largest absolute Gasteiger partial charge is 0.519 e. The third-order valence-corrected chi connectivity index (χ3v) is 7.26. The van der Waals surface area contributed by atoms with Gasteiger partial charge in [0.2, 0.25) is 0 Å². The van der Waals surface area contributed by atoms with Gasteiger partial charge in [0.05, 0.1) is 0 Å². The molecule has 1 unspecified atom stereocenters. The molecule has 2 aliphatic rings. The van der Waals surface area contributed by atoms with Crippen LogP contribution in [0.25, 0.3) is 0 Å². The van der Waals surface area contributed by atoms with Gasteiger partial charge in [-0.1, -0.05) is 11.2 Å². The Labute approximate surface area is 224 Å². The molecule has 0 aliphatic carbocycles. The molecule has 2 amide bonds. The van der Waals surface area contributed by atoms with Gasteiger partial charge in [-0.05, 0) is 12.5 Å². The van der Waals surface area contributed by atoms with Crippen molar-refractivity contribution in [2.45, 2.75) is 31.1 Å². The minimum absolute atomic E-state index is 0.0363. The first-order valence-electron chi connectivity index (χ1n) is 10.7. The summed E-state index contributed by atoms with van der Waals surface area (Å²) in [5, 5.41) is 6.88. The zero-order valence-electron chi connectivity index (χ0n) is 19.9. The highest BCUT2D eigenvalue weighted by Gasteiger charge is 2.54. The molecule has 0 spiro atoms. The normalized spacial score (nSPS) is 19.7. The van der Waals surface area contributed by atoms with Crippen LogP contribution < -0.4 is 16.9 Å². The molecule has 0 radical (unpaired) electrons. The van der Waals surface area contributed by atoms with E-state index in [-0.39, 0.29) is 45.5 Å². The van der Waals surface area contributed by atoms with Gasteiger partial charge in [0.25, 0.3) is 11.8 Å². The number of β-lactam (4-membered cyclic amide) rings is 1. The number of nitrogens with two attached hydrogens (primary N) is 1. The Bertz CT molecular complexity index is 1460. The fourth-order valence-corrected chi connectivity index (χ4v) is 5.43. The second-order valence-electron chi connectivity index (χ2n) is 7.81. The standard InChI is InChI=1S/C21H18F3N5O8S2/c1-8-11(37-20(33)36-8)5-35-18(32)14-9(3-4-21(22,23)24)6-38-17-13(16(31)29(14)17)27-15(30)12(28-34-2)10-7-39-19(25)26-10/h3-4,7,13,17H,5-6H2,1-2H3,(H2,25,26)(H,27,30)/t13?,17-/m1/s1. The molecule has 4 rings (SSSR count). The summed E-state index contributed by atoms with van der Waals surface area (Å²) >= 11 is 2.06. The number of aryl methyl sites for hydroxylation is 1. The topological polar surface area (TPSA) is 180 Å². The van der Waals surface area contributed by atoms with Gasteiger partial charge < -0.3 is 29.5 Å². The smallest absolute Gasteiger partial charge is 0.453 e.